The molecule has 0 radical (unpaired) electrons. The van der Waals surface area contributed by atoms with Gasteiger partial charge in [0.05, 0.1) is 6.10 Å². The van der Waals surface area contributed by atoms with Crippen LogP contribution in [0.5, 0.6) is 5.75 Å². The number of hydrogen-bond acceptors (Lipinski definition) is 3. The van der Waals surface area contributed by atoms with Crippen LogP contribution in [0.2, 0.25) is 0 Å². The zero-order valence-electron chi connectivity index (χ0n) is 11.3. The minimum atomic E-state index is -5.17. The molecule has 0 saturated carbocycles. The average Bonchev–Trinajstić information content (AvgIpc) is 2.34. The van der Waals surface area contributed by atoms with Gasteiger partial charge in [-0.3, -0.25) is 4.79 Å². The van der Waals surface area contributed by atoms with Gasteiger partial charge >= 0.3 is 18.1 Å². The van der Waals surface area contributed by atoms with Gasteiger partial charge in [0.2, 0.25) is 0 Å². The molecular weight excluding hydrogens is 291 g/mol. The normalized spacial score (nSPS) is 12.9. The summed E-state index contributed by atoms with van der Waals surface area (Å²) in [5.41, 5.74) is -0.0590. The Morgan fingerprint density at radius 1 is 1.24 bits per heavy atom. The van der Waals surface area contributed by atoms with Gasteiger partial charge in [-0.2, -0.15) is 13.2 Å². The molecule has 1 atom stereocenters. The molecule has 1 unspecified atom stereocenters. The molecule has 2 N–H and O–H groups in total. The van der Waals surface area contributed by atoms with Crippen molar-refractivity contribution in [2.75, 3.05) is 0 Å². The van der Waals surface area contributed by atoms with Gasteiger partial charge in [0.25, 0.3) is 0 Å². The fourth-order valence-electron chi connectivity index (χ4n) is 1.57. The van der Waals surface area contributed by atoms with Crippen LogP contribution in [0.25, 0.3) is 0 Å². The molecule has 5 nitrogen and oxygen atoms in total. The van der Waals surface area contributed by atoms with Gasteiger partial charge in [0.1, 0.15) is 5.75 Å². The molecule has 0 saturated heterocycles. The zero-order chi connectivity index (χ0) is 16.2. The standard InChI is InChI=1S/C13H14F3NO4/c1-7(2)21-9-6-4-3-5-8(9)10(11(18)19)17-12(20)13(14,15)16/h3-7,10H,1-2H3,(H,17,20)(H,18,19). The van der Waals surface area contributed by atoms with Gasteiger partial charge in [-0.1, -0.05) is 18.2 Å². The zero-order valence-corrected chi connectivity index (χ0v) is 11.3. The van der Waals surface area contributed by atoms with Gasteiger partial charge in [-0.15, -0.1) is 0 Å². The lowest BCUT2D eigenvalue weighted by molar-refractivity contribution is -0.175. The second-order valence-electron chi connectivity index (χ2n) is 4.45. The van der Waals surface area contributed by atoms with Crippen LogP contribution in [0, 0.1) is 0 Å². The first kappa shape index (κ1) is 16.8. The second kappa shape index (κ2) is 6.47. The van der Waals surface area contributed by atoms with E-state index >= 15 is 0 Å². The number of benzene rings is 1. The number of carboxylic acid groups (broad SMARTS) is 1. The van der Waals surface area contributed by atoms with E-state index in [0.717, 1.165) is 0 Å². The van der Waals surface area contributed by atoms with Crippen molar-refractivity contribution >= 4 is 11.9 Å². The van der Waals surface area contributed by atoms with Crippen LogP contribution >= 0.6 is 0 Å². The number of carboxylic acids is 1. The summed E-state index contributed by atoms with van der Waals surface area (Å²) >= 11 is 0. The third-order valence-electron chi connectivity index (χ3n) is 2.37. The highest BCUT2D eigenvalue weighted by atomic mass is 19.4. The van der Waals surface area contributed by atoms with Crippen molar-refractivity contribution in [2.45, 2.75) is 32.2 Å². The molecule has 0 bridgehead atoms. The fourth-order valence-corrected chi connectivity index (χ4v) is 1.57. The molecule has 116 valence electrons. The van der Waals surface area contributed by atoms with Gasteiger partial charge in [0, 0.05) is 5.56 Å². The maximum atomic E-state index is 12.3. The maximum absolute atomic E-state index is 12.3. The van der Waals surface area contributed by atoms with E-state index in [-0.39, 0.29) is 17.4 Å². The topological polar surface area (TPSA) is 75.6 Å². The van der Waals surface area contributed by atoms with Crippen molar-refractivity contribution in [3.8, 4) is 5.75 Å². The number of ether oxygens (including phenoxy) is 1. The summed E-state index contributed by atoms with van der Waals surface area (Å²) in [6.45, 7) is 3.36. The van der Waals surface area contributed by atoms with Crippen LogP contribution in [0.1, 0.15) is 25.5 Å². The first-order valence-corrected chi connectivity index (χ1v) is 5.99. The Labute approximate surface area is 118 Å². The molecule has 0 spiro atoms. The molecule has 8 heteroatoms. The van der Waals surface area contributed by atoms with Gasteiger partial charge in [0.15, 0.2) is 6.04 Å². The smallest absolute Gasteiger partial charge is 0.471 e. The van der Waals surface area contributed by atoms with E-state index < -0.39 is 24.1 Å². The predicted molar refractivity (Wildman–Crippen MR) is 66.8 cm³/mol. The lowest BCUT2D eigenvalue weighted by Gasteiger charge is -2.20. The third kappa shape index (κ3) is 4.66. The van der Waals surface area contributed by atoms with Crippen LogP contribution < -0.4 is 10.1 Å². The van der Waals surface area contributed by atoms with Crippen molar-refractivity contribution in [2.24, 2.45) is 0 Å². The number of amides is 1. The summed E-state index contributed by atoms with van der Waals surface area (Å²) in [6.07, 6.45) is -5.47. The average molecular weight is 305 g/mol. The summed E-state index contributed by atoms with van der Waals surface area (Å²) in [5.74, 6) is -3.84. The summed E-state index contributed by atoms with van der Waals surface area (Å²) in [6, 6.07) is 3.84. The lowest BCUT2D eigenvalue weighted by atomic mass is 10.1. The molecule has 0 fully saturated rings. The Bertz CT molecular complexity index is 528. The molecule has 21 heavy (non-hydrogen) atoms. The molecule has 0 aliphatic carbocycles. The summed E-state index contributed by atoms with van der Waals surface area (Å²) in [4.78, 5) is 22.1. The Morgan fingerprint density at radius 3 is 2.29 bits per heavy atom. The Kier molecular flexibility index (Phi) is 5.17. The van der Waals surface area contributed by atoms with E-state index in [1.165, 1.54) is 23.5 Å². The van der Waals surface area contributed by atoms with E-state index in [2.05, 4.69) is 0 Å². The van der Waals surface area contributed by atoms with Crippen molar-refractivity contribution < 1.29 is 32.6 Å². The highest BCUT2D eigenvalue weighted by molar-refractivity contribution is 5.88. The van der Waals surface area contributed by atoms with Crippen molar-refractivity contribution in [1.29, 1.82) is 0 Å². The third-order valence-corrected chi connectivity index (χ3v) is 2.37. The second-order valence-corrected chi connectivity index (χ2v) is 4.45. The van der Waals surface area contributed by atoms with Gasteiger partial charge < -0.3 is 15.2 Å². The van der Waals surface area contributed by atoms with E-state index in [4.69, 9.17) is 9.84 Å². The molecule has 0 aromatic heterocycles. The van der Waals surface area contributed by atoms with Crippen molar-refractivity contribution in [1.82, 2.24) is 5.32 Å². The quantitative estimate of drug-likeness (QED) is 0.875. The number of hydrogen-bond donors (Lipinski definition) is 2. The fraction of sp³-hybridized carbons (Fsp3) is 0.385. The van der Waals surface area contributed by atoms with Crippen molar-refractivity contribution in [3.63, 3.8) is 0 Å². The number of carbonyl (C=O) groups excluding carboxylic acids is 1. The van der Waals surface area contributed by atoms with Gasteiger partial charge in [-0.05, 0) is 19.9 Å². The molecule has 1 aromatic rings. The van der Waals surface area contributed by atoms with Crippen LogP contribution in [-0.4, -0.2) is 29.3 Å². The van der Waals surface area contributed by atoms with Crippen LogP contribution in [0.15, 0.2) is 24.3 Å². The Morgan fingerprint density at radius 2 is 1.81 bits per heavy atom. The number of carbonyl (C=O) groups is 2. The molecule has 1 amide bonds. The largest absolute Gasteiger partial charge is 0.491 e. The van der Waals surface area contributed by atoms with Crippen molar-refractivity contribution in [3.05, 3.63) is 29.8 Å². The predicted octanol–water partition coefficient (Wildman–Crippen LogP) is 2.28. The van der Waals surface area contributed by atoms with E-state index in [1.807, 2.05) is 0 Å². The molecule has 0 aliphatic rings. The minimum absolute atomic E-state index is 0.0590. The Balaban J connectivity index is 3.12. The van der Waals surface area contributed by atoms with Crippen LogP contribution in [-0.2, 0) is 9.59 Å². The lowest BCUT2D eigenvalue weighted by Crippen LogP contribution is -2.42. The van der Waals surface area contributed by atoms with E-state index in [0.29, 0.717) is 0 Å². The minimum Gasteiger partial charge on any atom is -0.491 e. The molecular formula is C13H14F3NO4. The monoisotopic (exact) mass is 305 g/mol. The summed E-state index contributed by atoms with van der Waals surface area (Å²) in [5, 5.41) is 10.5. The van der Waals surface area contributed by atoms with Crippen LogP contribution in [0.3, 0.4) is 0 Å². The highest BCUT2D eigenvalue weighted by Gasteiger charge is 2.41. The number of alkyl halides is 3. The molecule has 0 heterocycles. The number of para-hydroxylation sites is 1. The van der Waals surface area contributed by atoms with Gasteiger partial charge in [-0.25, -0.2) is 4.79 Å². The summed E-state index contributed by atoms with van der Waals surface area (Å²) < 4.78 is 42.1. The highest BCUT2D eigenvalue weighted by Crippen LogP contribution is 2.27. The first-order valence-electron chi connectivity index (χ1n) is 5.99. The number of aliphatic carboxylic acids is 1. The number of rotatable bonds is 5. The van der Waals surface area contributed by atoms with E-state index in [1.54, 1.807) is 19.9 Å². The van der Waals surface area contributed by atoms with Crippen LogP contribution in [0.4, 0.5) is 13.2 Å². The Hall–Kier alpha value is -2.25. The molecule has 0 aliphatic heterocycles. The first-order chi connectivity index (χ1) is 9.62. The SMILES string of the molecule is CC(C)Oc1ccccc1C(NC(=O)C(F)(F)F)C(=O)O. The molecule has 1 aromatic carbocycles. The number of halogens is 3. The maximum Gasteiger partial charge on any atom is 0.471 e. The summed E-state index contributed by atoms with van der Waals surface area (Å²) in [7, 11) is 0. The molecule has 1 rings (SSSR count). The number of nitrogens with one attached hydrogen (secondary N) is 1. The van der Waals surface area contributed by atoms with E-state index in [9.17, 15) is 22.8 Å².